The summed E-state index contributed by atoms with van der Waals surface area (Å²) in [5, 5.41) is 0. The first-order chi connectivity index (χ1) is 10.3. The van der Waals surface area contributed by atoms with E-state index in [1.807, 2.05) is 9.80 Å². The number of carbonyl (C=O) groups excluding carboxylic acids is 2. The summed E-state index contributed by atoms with van der Waals surface area (Å²) in [6, 6.07) is -0.280. The maximum Gasteiger partial charge on any atom is 0.245 e. The molecule has 0 aromatic heterocycles. The van der Waals surface area contributed by atoms with Gasteiger partial charge in [-0.15, -0.1) is 0 Å². The van der Waals surface area contributed by atoms with Gasteiger partial charge in [-0.1, -0.05) is 34.1 Å². The fourth-order valence-electron chi connectivity index (χ4n) is 3.49. The van der Waals surface area contributed by atoms with Crippen molar-refractivity contribution in [1.29, 1.82) is 0 Å². The molecule has 2 heterocycles. The molecule has 5 heteroatoms. The van der Waals surface area contributed by atoms with Crippen LogP contribution in [0.1, 0.15) is 47.0 Å². The van der Waals surface area contributed by atoms with Gasteiger partial charge >= 0.3 is 0 Å². The standard InChI is InChI=1S/C17H31N3O2/c1-6-13(4)10-19-11-15-18(5)8-7-16(21)20(15)14(17(19)22)9-12(2)3/h12-15H,6-11H2,1-5H3. The zero-order valence-electron chi connectivity index (χ0n) is 14.7. The van der Waals surface area contributed by atoms with Crippen LogP contribution in [0, 0.1) is 11.8 Å². The molecule has 22 heavy (non-hydrogen) atoms. The first-order valence-corrected chi connectivity index (χ1v) is 8.65. The van der Waals surface area contributed by atoms with E-state index in [2.05, 4.69) is 39.6 Å². The normalized spacial score (nSPS) is 28.3. The van der Waals surface area contributed by atoms with Gasteiger partial charge in [0.1, 0.15) is 12.2 Å². The summed E-state index contributed by atoms with van der Waals surface area (Å²) in [6.45, 7) is 10.8. The minimum Gasteiger partial charge on any atom is -0.337 e. The molecule has 5 nitrogen and oxygen atoms in total. The van der Waals surface area contributed by atoms with Crippen molar-refractivity contribution in [3.8, 4) is 0 Å². The van der Waals surface area contributed by atoms with E-state index in [1.54, 1.807) is 0 Å². The summed E-state index contributed by atoms with van der Waals surface area (Å²) in [5.74, 6) is 1.19. The lowest BCUT2D eigenvalue weighted by molar-refractivity contribution is -0.169. The van der Waals surface area contributed by atoms with E-state index in [-0.39, 0.29) is 24.0 Å². The molecular weight excluding hydrogens is 278 g/mol. The molecule has 0 saturated carbocycles. The fourth-order valence-corrected chi connectivity index (χ4v) is 3.49. The van der Waals surface area contributed by atoms with E-state index in [0.29, 0.717) is 24.8 Å². The highest BCUT2D eigenvalue weighted by Gasteiger charge is 2.46. The van der Waals surface area contributed by atoms with Crippen LogP contribution in [0.4, 0.5) is 0 Å². The van der Waals surface area contributed by atoms with Crippen LogP contribution in [0.3, 0.4) is 0 Å². The number of rotatable bonds is 5. The molecule has 2 fully saturated rings. The Balaban J connectivity index is 2.25. The quantitative estimate of drug-likeness (QED) is 0.777. The second-order valence-electron chi connectivity index (χ2n) is 7.41. The van der Waals surface area contributed by atoms with Gasteiger partial charge in [0.05, 0.1) is 6.54 Å². The number of hydrogen-bond acceptors (Lipinski definition) is 3. The summed E-state index contributed by atoms with van der Waals surface area (Å²) in [7, 11) is 2.06. The van der Waals surface area contributed by atoms with Crippen molar-refractivity contribution in [2.75, 3.05) is 26.7 Å². The fraction of sp³-hybridized carbons (Fsp3) is 0.882. The highest BCUT2D eigenvalue weighted by atomic mass is 16.2. The van der Waals surface area contributed by atoms with Crippen LogP contribution in [0.2, 0.25) is 0 Å². The number of fused-ring (bicyclic) bond motifs is 1. The summed E-state index contributed by atoms with van der Waals surface area (Å²) in [4.78, 5) is 31.5. The van der Waals surface area contributed by atoms with E-state index in [9.17, 15) is 9.59 Å². The summed E-state index contributed by atoms with van der Waals surface area (Å²) in [5.41, 5.74) is 0. The Bertz CT molecular complexity index is 424. The summed E-state index contributed by atoms with van der Waals surface area (Å²) < 4.78 is 0. The van der Waals surface area contributed by atoms with Gasteiger partial charge in [-0.05, 0) is 25.3 Å². The Kier molecular flexibility index (Phi) is 5.48. The SMILES string of the molecule is CCC(C)CN1CC2N(C)CCC(=O)N2C(CC(C)C)C1=O. The van der Waals surface area contributed by atoms with Crippen molar-refractivity contribution >= 4 is 11.8 Å². The maximum atomic E-state index is 12.9. The van der Waals surface area contributed by atoms with Crippen molar-refractivity contribution in [3.63, 3.8) is 0 Å². The Morgan fingerprint density at radius 3 is 2.50 bits per heavy atom. The molecule has 0 N–H and O–H groups in total. The number of piperazine rings is 1. The smallest absolute Gasteiger partial charge is 0.245 e. The molecule has 0 radical (unpaired) electrons. The molecule has 0 aliphatic carbocycles. The zero-order chi connectivity index (χ0) is 16.4. The minimum atomic E-state index is -0.280. The van der Waals surface area contributed by atoms with Crippen molar-refractivity contribution in [2.24, 2.45) is 11.8 Å². The molecule has 2 aliphatic heterocycles. The van der Waals surface area contributed by atoms with Gasteiger partial charge in [0.25, 0.3) is 0 Å². The average molecular weight is 309 g/mol. The van der Waals surface area contributed by atoms with Gasteiger partial charge in [-0.3, -0.25) is 14.5 Å². The Morgan fingerprint density at radius 1 is 1.23 bits per heavy atom. The van der Waals surface area contributed by atoms with Crippen LogP contribution in [-0.2, 0) is 9.59 Å². The summed E-state index contributed by atoms with van der Waals surface area (Å²) >= 11 is 0. The topological polar surface area (TPSA) is 43.9 Å². The van der Waals surface area contributed by atoms with Crippen molar-refractivity contribution in [1.82, 2.24) is 14.7 Å². The van der Waals surface area contributed by atoms with Crippen LogP contribution in [0.25, 0.3) is 0 Å². The van der Waals surface area contributed by atoms with Crippen LogP contribution in [-0.4, -0.2) is 65.4 Å². The second kappa shape index (κ2) is 6.99. The molecule has 0 aromatic rings. The molecule has 2 saturated heterocycles. The first-order valence-electron chi connectivity index (χ1n) is 8.65. The van der Waals surface area contributed by atoms with Gasteiger partial charge in [0.15, 0.2) is 0 Å². The largest absolute Gasteiger partial charge is 0.337 e. The molecule has 2 aliphatic rings. The summed E-state index contributed by atoms with van der Waals surface area (Å²) in [6.07, 6.45) is 2.40. The predicted molar refractivity (Wildman–Crippen MR) is 87.2 cm³/mol. The monoisotopic (exact) mass is 309 g/mol. The van der Waals surface area contributed by atoms with Crippen LogP contribution < -0.4 is 0 Å². The van der Waals surface area contributed by atoms with E-state index in [0.717, 1.165) is 25.9 Å². The lowest BCUT2D eigenvalue weighted by Crippen LogP contribution is -2.70. The lowest BCUT2D eigenvalue weighted by Gasteiger charge is -2.52. The van der Waals surface area contributed by atoms with Gasteiger partial charge in [-0.2, -0.15) is 0 Å². The Labute approximate surface area is 134 Å². The van der Waals surface area contributed by atoms with Crippen molar-refractivity contribution in [3.05, 3.63) is 0 Å². The van der Waals surface area contributed by atoms with Gasteiger partial charge in [-0.25, -0.2) is 0 Å². The number of likely N-dealkylation sites (N-methyl/N-ethyl adjacent to an activating group) is 1. The predicted octanol–water partition coefficient (Wildman–Crippen LogP) is 1.78. The van der Waals surface area contributed by atoms with E-state index < -0.39 is 0 Å². The third kappa shape index (κ3) is 3.45. The Hall–Kier alpha value is -1.10. The molecule has 2 amide bonds. The highest BCUT2D eigenvalue weighted by molar-refractivity contribution is 5.89. The number of amides is 2. The first kappa shape index (κ1) is 17.3. The van der Waals surface area contributed by atoms with Gasteiger partial charge in [0.2, 0.25) is 11.8 Å². The van der Waals surface area contributed by atoms with Gasteiger partial charge in [0, 0.05) is 19.5 Å². The average Bonchev–Trinajstić information content (AvgIpc) is 2.46. The van der Waals surface area contributed by atoms with E-state index in [1.165, 1.54) is 0 Å². The molecule has 126 valence electrons. The molecule has 3 atom stereocenters. The second-order valence-corrected chi connectivity index (χ2v) is 7.41. The van der Waals surface area contributed by atoms with Crippen molar-refractivity contribution in [2.45, 2.75) is 59.2 Å². The van der Waals surface area contributed by atoms with Crippen LogP contribution >= 0.6 is 0 Å². The molecular formula is C17H31N3O2. The van der Waals surface area contributed by atoms with Gasteiger partial charge < -0.3 is 9.80 Å². The van der Waals surface area contributed by atoms with E-state index in [4.69, 9.17) is 0 Å². The maximum absolute atomic E-state index is 12.9. The van der Waals surface area contributed by atoms with E-state index >= 15 is 0 Å². The number of carbonyl (C=O) groups is 2. The third-order valence-corrected chi connectivity index (χ3v) is 5.04. The number of hydrogen-bond donors (Lipinski definition) is 0. The highest BCUT2D eigenvalue weighted by Crippen LogP contribution is 2.28. The third-order valence-electron chi connectivity index (χ3n) is 5.04. The van der Waals surface area contributed by atoms with Crippen LogP contribution in [0.5, 0.6) is 0 Å². The molecule has 0 spiro atoms. The molecule has 0 bridgehead atoms. The molecule has 2 rings (SSSR count). The minimum absolute atomic E-state index is 0.0479. The van der Waals surface area contributed by atoms with Crippen molar-refractivity contribution < 1.29 is 9.59 Å². The van der Waals surface area contributed by atoms with Crippen LogP contribution in [0.15, 0.2) is 0 Å². The lowest BCUT2D eigenvalue weighted by atomic mass is 9.95. The number of nitrogens with zero attached hydrogens (tertiary/aromatic N) is 3. The Morgan fingerprint density at radius 2 is 1.91 bits per heavy atom. The molecule has 3 unspecified atom stereocenters. The molecule has 0 aromatic carbocycles. The zero-order valence-corrected chi connectivity index (χ0v) is 14.7.